The van der Waals surface area contributed by atoms with Gasteiger partial charge in [0.2, 0.25) is 0 Å². The highest BCUT2D eigenvalue weighted by molar-refractivity contribution is 5.52. The van der Waals surface area contributed by atoms with Gasteiger partial charge in [0.25, 0.3) is 0 Å². The minimum atomic E-state index is 0.315. The van der Waals surface area contributed by atoms with Crippen molar-refractivity contribution in [1.29, 1.82) is 0 Å². The van der Waals surface area contributed by atoms with E-state index < -0.39 is 0 Å². The molecule has 2 saturated heterocycles. The van der Waals surface area contributed by atoms with Crippen LogP contribution in [0.15, 0.2) is 78.9 Å². The van der Waals surface area contributed by atoms with Gasteiger partial charge >= 0.3 is 0 Å². The van der Waals surface area contributed by atoms with Gasteiger partial charge in [-0.25, -0.2) is 0 Å². The second-order valence-electron chi connectivity index (χ2n) is 11.1. The van der Waals surface area contributed by atoms with Gasteiger partial charge < -0.3 is 15.3 Å². The Morgan fingerprint density at radius 2 is 1.78 bits per heavy atom. The molecule has 3 unspecified atom stereocenters. The van der Waals surface area contributed by atoms with Crippen molar-refractivity contribution in [3.05, 3.63) is 95.6 Å². The quantitative estimate of drug-likeness (QED) is 0.445. The predicted molar refractivity (Wildman–Crippen MR) is 152 cm³/mol. The Hall–Kier alpha value is -2.78. The molecule has 1 aliphatic carbocycles. The van der Waals surface area contributed by atoms with E-state index in [1.165, 1.54) is 80.7 Å². The zero-order valence-electron chi connectivity index (χ0n) is 21.8. The number of hydrogen-bond acceptors (Lipinski definition) is 3. The number of piperidine rings is 1. The van der Waals surface area contributed by atoms with Crippen LogP contribution in [0.4, 0.5) is 5.69 Å². The molecule has 2 aromatic carbocycles. The molecule has 3 nitrogen and oxygen atoms in total. The molecule has 2 aliphatic heterocycles. The van der Waals surface area contributed by atoms with Crippen molar-refractivity contribution in [2.75, 3.05) is 31.1 Å². The molecular formula is C33H42N2O. The summed E-state index contributed by atoms with van der Waals surface area (Å²) in [5.41, 5.74) is 5.89. The van der Waals surface area contributed by atoms with Gasteiger partial charge in [0.1, 0.15) is 5.75 Å². The number of nitrogens with zero attached hydrogens (tertiary/aromatic N) is 1. The Bertz CT molecular complexity index is 1090. The summed E-state index contributed by atoms with van der Waals surface area (Å²) in [5.74, 6) is 1.13. The minimum absolute atomic E-state index is 0.315. The molecule has 3 aliphatic rings. The topological polar surface area (TPSA) is 35.5 Å². The maximum absolute atomic E-state index is 10.1. The highest BCUT2D eigenvalue weighted by Gasteiger charge is 2.36. The van der Waals surface area contributed by atoms with Gasteiger partial charge in [0.15, 0.2) is 0 Å². The van der Waals surface area contributed by atoms with Crippen molar-refractivity contribution < 1.29 is 5.11 Å². The molecule has 190 valence electrons. The lowest BCUT2D eigenvalue weighted by Crippen LogP contribution is -2.43. The van der Waals surface area contributed by atoms with E-state index in [1.54, 1.807) is 0 Å². The zero-order chi connectivity index (χ0) is 24.8. The summed E-state index contributed by atoms with van der Waals surface area (Å²) in [6, 6.07) is 15.4. The number of nitrogens with one attached hydrogen (secondary N) is 1. The summed E-state index contributed by atoms with van der Waals surface area (Å²) in [7, 11) is 0. The van der Waals surface area contributed by atoms with Crippen LogP contribution in [-0.4, -0.2) is 31.3 Å². The lowest BCUT2D eigenvalue weighted by molar-refractivity contribution is 0.204. The number of benzene rings is 2. The first-order valence-electron chi connectivity index (χ1n) is 14.0. The van der Waals surface area contributed by atoms with E-state index in [-0.39, 0.29) is 0 Å². The van der Waals surface area contributed by atoms with Crippen LogP contribution in [0.3, 0.4) is 0 Å². The molecule has 2 heterocycles. The molecule has 36 heavy (non-hydrogen) atoms. The SMILES string of the molecule is C\C=C/C=C\C=C\C1CCc2cc(O)ccc2C1c1ccc(N2CCCC3(CCCNCC3)C2)cc1. The Morgan fingerprint density at radius 1 is 0.944 bits per heavy atom. The first kappa shape index (κ1) is 24.9. The third-order valence-electron chi connectivity index (χ3n) is 8.69. The average molecular weight is 483 g/mol. The number of aromatic hydroxyl groups is 1. The molecule has 2 aromatic rings. The number of rotatable bonds is 5. The van der Waals surface area contributed by atoms with Crippen molar-refractivity contribution >= 4 is 5.69 Å². The molecule has 2 fully saturated rings. The van der Waals surface area contributed by atoms with E-state index in [2.05, 4.69) is 77.0 Å². The fraction of sp³-hybridized carbons (Fsp3) is 0.455. The molecule has 2 N–H and O–H groups in total. The smallest absolute Gasteiger partial charge is 0.115 e. The van der Waals surface area contributed by atoms with Crippen molar-refractivity contribution in [2.24, 2.45) is 11.3 Å². The molecule has 0 saturated carbocycles. The normalized spacial score (nSPS) is 27.2. The molecule has 3 heteroatoms. The van der Waals surface area contributed by atoms with Crippen molar-refractivity contribution in [1.82, 2.24) is 5.32 Å². The third kappa shape index (κ3) is 5.62. The number of anilines is 1. The van der Waals surface area contributed by atoms with Crippen LogP contribution in [0.5, 0.6) is 5.75 Å². The zero-order valence-corrected chi connectivity index (χ0v) is 21.8. The van der Waals surface area contributed by atoms with Crippen LogP contribution < -0.4 is 10.2 Å². The second kappa shape index (κ2) is 11.5. The Kier molecular flexibility index (Phi) is 7.96. The van der Waals surface area contributed by atoms with Gasteiger partial charge in [-0.1, -0.05) is 54.7 Å². The number of phenols is 1. The van der Waals surface area contributed by atoms with E-state index >= 15 is 0 Å². The van der Waals surface area contributed by atoms with Gasteiger partial charge in [-0.2, -0.15) is 0 Å². The van der Waals surface area contributed by atoms with Gasteiger partial charge in [0.05, 0.1) is 0 Å². The monoisotopic (exact) mass is 482 g/mol. The van der Waals surface area contributed by atoms with Crippen LogP contribution in [0.25, 0.3) is 0 Å². The minimum Gasteiger partial charge on any atom is -0.508 e. The summed E-state index contributed by atoms with van der Waals surface area (Å²) in [6.45, 7) is 6.76. The number of hydrogen-bond donors (Lipinski definition) is 2. The molecule has 0 bridgehead atoms. The van der Waals surface area contributed by atoms with Crippen LogP contribution >= 0.6 is 0 Å². The molecule has 1 spiro atoms. The van der Waals surface area contributed by atoms with Crippen molar-refractivity contribution in [3.8, 4) is 5.75 Å². The van der Waals surface area contributed by atoms with Gasteiger partial charge in [0, 0.05) is 24.7 Å². The second-order valence-corrected chi connectivity index (χ2v) is 11.1. The fourth-order valence-electron chi connectivity index (χ4n) is 6.83. The van der Waals surface area contributed by atoms with E-state index in [4.69, 9.17) is 0 Å². The fourth-order valence-corrected chi connectivity index (χ4v) is 6.83. The maximum atomic E-state index is 10.1. The number of fused-ring (bicyclic) bond motifs is 1. The Balaban J connectivity index is 1.39. The molecular weight excluding hydrogens is 440 g/mol. The number of aryl methyl sites for hydroxylation is 1. The van der Waals surface area contributed by atoms with Gasteiger partial charge in [-0.3, -0.25) is 0 Å². The molecule has 3 atom stereocenters. The molecule has 0 aromatic heterocycles. The van der Waals surface area contributed by atoms with Gasteiger partial charge in [-0.05, 0) is 117 Å². The lowest BCUT2D eigenvalue weighted by atomic mass is 9.71. The number of allylic oxidation sites excluding steroid dienone is 6. The van der Waals surface area contributed by atoms with E-state index in [1.807, 2.05) is 19.1 Å². The predicted octanol–water partition coefficient (Wildman–Crippen LogP) is 7.14. The van der Waals surface area contributed by atoms with Crippen LogP contribution in [0, 0.1) is 11.3 Å². The average Bonchev–Trinajstić information content (AvgIpc) is 3.13. The lowest BCUT2D eigenvalue weighted by Gasteiger charge is -2.44. The number of phenolic OH excluding ortho intramolecular Hbond substituents is 1. The standard InChI is InChI=1S/C33H42N2O/c1-2-3-4-5-6-9-26-10-11-28-24-30(36)16-17-31(28)32(26)27-12-14-29(15-13-27)35-23-8-19-33(25-35)18-7-21-34-22-20-33/h2-6,9,12-17,24,26,32,34,36H,7-8,10-11,18-23,25H2,1H3/b3-2-,5-4-,9-6+. The molecule has 0 amide bonds. The first-order valence-corrected chi connectivity index (χ1v) is 14.0. The maximum Gasteiger partial charge on any atom is 0.115 e. The highest BCUT2D eigenvalue weighted by atomic mass is 16.3. The van der Waals surface area contributed by atoms with Crippen molar-refractivity contribution in [2.45, 2.75) is 57.8 Å². The van der Waals surface area contributed by atoms with E-state index in [0.29, 0.717) is 23.0 Å². The molecule has 0 radical (unpaired) electrons. The summed E-state index contributed by atoms with van der Waals surface area (Å²) in [4.78, 5) is 2.65. The van der Waals surface area contributed by atoms with Crippen LogP contribution in [-0.2, 0) is 6.42 Å². The summed E-state index contributed by atoms with van der Waals surface area (Å²) < 4.78 is 0. The summed E-state index contributed by atoms with van der Waals surface area (Å²) in [5, 5.41) is 13.7. The van der Waals surface area contributed by atoms with Crippen LogP contribution in [0.1, 0.15) is 68.1 Å². The molecule has 5 rings (SSSR count). The third-order valence-corrected chi connectivity index (χ3v) is 8.69. The Labute approximate surface area is 217 Å². The van der Waals surface area contributed by atoms with E-state index in [0.717, 1.165) is 12.8 Å². The summed E-state index contributed by atoms with van der Waals surface area (Å²) >= 11 is 0. The highest BCUT2D eigenvalue weighted by Crippen LogP contribution is 2.44. The van der Waals surface area contributed by atoms with E-state index in [9.17, 15) is 5.11 Å². The van der Waals surface area contributed by atoms with Gasteiger partial charge in [-0.15, -0.1) is 0 Å². The van der Waals surface area contributed by atoms with Crippen LogP contribution in [0.2, 0.25) is 0 Å². The Morgan fingerprint density at radius 3 is 2.64 bits per heavy atom. The van der Waals surface area contributed by atoms with Crippen molar-refractivity contribution in [3.63, 3.8) is 0 Å². The summed E-state index contributed by atoms with van der Waals surface area (Å²) in [6.07, 6.45) is 21.7. The first-order chi connectivity index (χ1) is 17.7. The largest absolute Gasteiger partial charge is 0.508 e.